The number of carbonyl (C=O) groups excluding carboxylic acids is 1. The third kappa shape index (κ3) is 3.51. The summed E-state index contributed by atoms with van der Waals surface area (Å²) in [7, 11) is 2.88. The molecule has 1 N–H and O–H groups in total. The van der Waals surface area contributed by atoms with Crippen LogP contribution in [-0.2, 0) is 4.79 Å². The normalized spacial score (nSPS) is 15.7. The second-order valence-corrected chi connectivity index (χ2v) is 7.38. The molecule has 8 heteroatoms. The van der Waals surface area contributed by atoms with Gasteiger partial charge in [0, 0.05) is 5.02 Å². The molecule has 1 aliphatic rings. The Bertz CT molecular complexity index is 904. The number of rotatable bonds is 4. The fourth-order valence-electron chi connectivity index (χ4n) is 2.45. The highest BCUT2D eigenvalue weighted by Crippen LogP contribution is 2.40. The number of ether oxygens (including phenoxy) is 2. The lowest BCUT2D eigenvalue weighted by molar-refractivity contribution is -0.113. The number of thiocarbonyl (C=S) groups is 1. The van der Waals surface area contributed by atoms with Gasteiger partial charge in [0.15, 0.2) is 15.8 Å². The average Bonchev–Trinajstić information content (AvgIpc) is 2.89. The topological polar surface area (TPSA) is 59.0 Å². The lowest BCUT2D eigenvalue weighted by atomic mass is 10.1. The first-order valence-corrected chi connectivity index (χ1v) is 9.03. The molecule has 1 amide bonds. The molecular formula is C18H14ClNO4S2. The molecule has 1 saturated heterocycles. The largest absolute Gasteiger partial charge is 0.502 e. The number of aromatic hydroxyl groups is 1. The molecule has 3 rings (SSSR count). The molecule has 0 bridgehead atoms. The quantitative estimate of drug-likeness (QED) is 0.596. The van der Waals surface area contributed by atoms with Gasteiger partial charge in [-0.3, -0.25) is 9.69 Å². The second kappa shape index (κ2) is 7.57. The SMILES string of the molecule is COc1cc(/C=C2/SC(=S)N(c3cccc(Cl)c3)C2=O)cc(OC)c1O. The summed E-state index contributed by atoms with van der Waals surface area (Å²) < 4.78 is 10.7. The molecule has 2 aromatic rings. The number of phenols is 1. The summed E-state index contributed by atoms with van der Waals surface area (Å²) in [5.74, 6) is 0.161. The van der Waals surface area contributed by atoms with E-state index in [0.717, 1.165) is 0 Å². The summed E-state index contributed by atoms with van der Waals surface area (Å²) in [5, 5.41) is 10.5. The summed E-state index contributed by atoms with van der Waals surface area (Å²) in [6.45, 7) is 0. The van der Waals surface area contributed by atoms with Crippen LogP contribution in [0.4, 0.5) is 5.69 Å². The number of hydrogen-bond donors (Lipinski definition) is 1. The number of amides is 1. The molecule has 2 aromatic carbocycles. The molecule has 0 aromatic heterocycles. The maximum absolute atomic E-state index is 12.8. The summed E-state index contributed by atoms with van der Waals surface area (Å²) in [6.07, 6.45) is 1.67. The van der Waals surface area contributed by atoms with Crippen LogP contribution in [0.25, 0.3) is 6.08 Å². The van der Waals surface area contributed by atoms with Gasteiger partial charge in [-0.25, -0.2) is 0 Å². The first-order valence-electron chi connectivity index (χ1n) is 7.43. The molecule has 0 radical (unpaired) electrons. The van der Waals surface area contributed by atoms with Gasteiger partial charge in [-0.1, -0.05) is 41.6 Å². The van der Waals surface area contributed by atoms with E-state index in [4.69, 9.17) is 33.3 Å². The Hall–Kier alpha value is -2.22. The zero-order valence-electron chi connectivity index (χ0n) is 13.9. The van der Waals surface area contributed by atoms with Crippen molar-refractivity contribution >= 4 is 57.6 Å². The van der Waals surface area contributed by atoms with Gasteiger partial charge < -0.3 is 14.6 Å². The van der Waals surface area contributed by atoms with Crippen molar-refractivity contribution in [2.75, 3.05) is 19.1 Å². The zero-order chi connectivity index (χ0) is 18.8. The molecule has 26 heavy (non-hydrogen) atoms. The minimum atomic E-state index is -0.242. The van der Waals surface area contributed by atoms with Gasteiger partial charge in [0.25, 0.3) is 5.91 Å². The summed E-state index contributed by atoms with van der Waals surface area (Å²) >= 11 is 12.6. The number of thioether (sulfide) groups is 1. The van der Waals surface area contributed by atoms with Crippen LogP contribution in [0.3, 0.4) is 0 Å². The van der Waals surface area contributed by atoms with E-state index in [9.17, 15) is 9.90 Å². The van der Waals surface area contributed by atoms with Crippen LogP contribution in [-0.4, -0.2) is 29.6 Å². The fraction of sp³-hybridized carbons (Fsp3) is 0.111. The van der Waals surface area contributed by atoms with E-state index in [1.54, 1.807) is 42.5 Å². The molecule has 1 aliphatic heterocycles. The van der Waals surface area contributed by atoms with Crippen LogP contribution in [0.2, 0.25) is 5.02 Å². The molecule has 0 spiro atoms. The Balaban J connectivity index is 1.98. The molecule has 0 atom stereocenters. The van der Waals surface area contributed by atoms with Crippen molar-refractivity contribution in [1.29, 1.82) is 0 Å². The van der Waals surface area contributed by atoms with E-state index < -0.39 is 0 Å². The number of anilines is 1. The minimum Gasteiger partial charge on any atom is -0.502 e. The number of phenolic OH excluding ortho intramolecular Hbond substituents is 1. The van der Waals surface area contributed by atoms with Crippen molar-refractivity contribution in [2.45, 2.75) is 0 Å². The van der Waals surface area contributed by atoms with E-state index in [1.165, 1.54) is 30.9 Å². The maximum atomic E-state index is 12.8. The highest BCUT2D eigenvalue weighted by atomic mass is 35.5. The van der Waals surface area contributed by atoms with Gasteiger partial charge in [-0.2, -0.15) is 0 Å². The van der Waals surface area contributed by atoms with E-state index >= 15 is 0 Å². The number of methoxy groups -OCH3 is 2. The van der Waals surface area contributed by atoms with Gasteiger partial charge in [0.1, 0.15) is 0 Å². The Labute approximate surface area is 165 Å². The summed E-state index contributed by atoms with van der Waals surface area (Å²) in [5.41, 5.74) is 1.26. The predicted octanol–water partition coefficient (Wildman–Crippen LogP) is 4.47. The van der Waals surface area contributed by atoms with Crippen molar-refractivity contribution in [1.82, 2.24) is 0 Å². The summed E-state index contributed by atoms with van der Waals surface area (Å²) in [6, 6.07) is 10.2. The smallest absolute Gasteiger partial charge is 0.270 e. The number of hydrogen-bond acceptors (Lipinski definition) is 6. The number of benzene rings is 2. The van der Waals surface area contributed by atoms with E-state index in [2.05, 4.69) is 0 Å². The van der Waals surface area contributed by atoms with E-state index in [-0.39, 0.29) is 23.2 Å². The molecule has 5 nitrogen and oxygen atoms in total. The molecule has 134 valence electrons. The monoisotopic (exact) mass is 407 g/mol. The highest BCUT2D eigenvalue weighted by Gasteiger charge is 2.33. The highest BCUT2D eigenvalue weighted by molar-refractivity contribution is 8.27. The van der Waals surface area contributed by atoms with Crippen LogP contribution < -0.4 is 14.4 Å². The van der Waals surface area contributed by atoms with Crippen LogP contribution in [0.5, 0.6) is 17.2 Å². The Morgan fingerprint density at radius 3 is 2.42 bits per heavy atom. The van der Waals surface area contributed by atoms with Crippen molar-refractivity contribution in [3.05, 3.63) is 51.9 Å². The molecule has 1 fully saturated rings. The van der Waals surface area contributed by atoms with Gasteiger partial charge in [-0.05, 0) is 42.0 Å². The van der Waals surface area contributed by atoms with Crippen LogP contribution in [0.1, 0.15) is 5.56 Å². The number of carbonyl (C=O) groups is 1. The molecule has 0 unspecified atom stereocenters. The first kappa shape index (κ1) is 18.6. The molecule has 0 aliphatic carbocycles. The standard InChI is InChI=1S/C18H14ClNO4S2/c1-23-13-6-10(7-14(24-2)16(13)21)8-15-17(22)20(18(25)26-15)12-5-3-4-11(19)9-12/h3-9,21H,1-2H3/b15-8+. The lowest BCUT2D eigenvalue weighted by Crippen LogP contribution is -2.27. The Kier molecular flexibility index (Phi) is 5.41. The molecular weight excluding hydrogens is 394 g/mol. The van der Waals surface area contributed by atoms with Crippen molar-refractivity contribution in [3.63, 3.8) is 0 Å². The Morgan fingerprint density at radius 1 is 1.19 bits per heavy atom. The van der Waals surface area contributed by atoms with Crippen LogP contribution in [0.15, 0.2) is 41.3 Å². The molecule has 0 saturated carbocycles. The maximum Gasteiger partial charge on any atom is 0.270 e. The van der Waals surface area contributed by atoms with Crippen LogP contribution in [0, 0.1) is 0 Å². The fourth-order valence-corrected chi connectivity index (χ4v) is 3.94. The third-order valence-corrected chi connectivity index (χ3v) is 5.20. The van der Waals surface area contributed by atoms with Gasteiger partial charge in [0.2, 0.25) is 5.75 Å². The number of halogens is 1. The average molecular weight is 408 g/mol. The third-order valence-electron chi connectivity index (χ3n) is 3.66. The van der Waals surface area contributed by atoms with Crippen molar-refractivity contribution in [2.24, 2.45) is 0 Å². The summed E-state index contributed by atoms with van der Waals surface area (Å²) in [4.78, 5) is 14.7. The van der Waals surface area contributed by atoms with Crippen molar-refractivity contribution in [3.8, 4) is 17.2 Å². The zero-order valence-corrected chi connectivity index (χ0v) is 16.2. The molecule has 1 heterocycles. The van der Waals surface area contributed by atoms with Gasteiger partial charge >= 0.3 is 0 Å². The van der Waals surface area contributed by atoms with E-state index in [1.807, 2.05) is 0 Å². The van der Waals surface area contributed by atoms with Gasteiger partial charge in [-0.15, -0.1) is 0 Å². The van der Waals surface area contributed by atoms with Gasteiger partial charge in [0.05, 0.1) is 24.8 Å². The lowest BCUT2D eigenvalue weighted by Gasteiger charge is -2.14. The minimum absolute atomic E-state index is 0.0985. The second-order valence-electron chi connectivity index (χ2n) is 5.27. The van der Waals surface area contributed by atoms with Crippen molar-refractivity contribution < 1.29 is 19.4 Å². The van der Waals surface area contributed by atoms with Crippen LogP contribution >= 0.6 is 35.6 Å². The Morgan fingerprint density at radius 2 is 1.85 bits per heavy atom. The van der Waals surface area contributed by atoms with E-state index in [0.29, 0.717) is 25.5 Å². The predicted molar refractivity (Wildman–Crippen MR) is 108 cm³/mol. The number of nitrogens with zero attached hydrogens (tertiary/aromatic N) is 1. The first-order chi connectivity index (χ1) is 12.4.